The van der Waals surface area contributed by atoms with Gasteiger partial charge in [-0.25, -0.2) is 4.68 Å². The van der Waals surface area contributed by atoms with E-state index in [4.69, 9.17) is 9.26 Å². The first-order valence-corrected chi connectivity index (χ1v) is 9.82. The SMILES string of the molecule is Cc1cc(NC(=O)C(OC(=O)CCn2nnc3ccccc3c2=O)c2ccccc2)no1. The number of ether oxygens (including phenoxy) is 1. The van der Waals surface area contributed by atoms with Crippen LogP contribution in [0.25, 0.3) is 10.9 Å². The largest absolute Gasteiger partial charge is 0.447 e. The molecule has 1 amide bonds. The lowest BCUT2D eigenvalue weighted by Crippen LogP contribution is -2.28. The molecule has 0 fully saturated rings. The van der Waals surface area contributed by atoms with Crippen LogP contribution in [0.4, 0.5) is 5.82 Å². The third-order valence-corrected chi connectivity index (χ3v) is 4.63. The average molecular weight is 433 g/mol. The molecule has 1 unspecified atom stereocenters. The Morgan fingerprint density at radius 1 is 1.12 bits per heavy atom. The number of amides is 1. The van der Waals surface area contributed by atoms with E-state index in [9.17, 15) is 14.4 Å². The summed E-state index contributed by atoms with van der Waals surface area (Å²) >= 11 is 0. The van der Waals surface area contributed by atoms with Gasteiger partial charge in [-0.15, -0.1) is 5.10 Å². The molecule has 0 aliphatic rings. The summed E-state index contributed by atoms with van der Waals surface area (Å²) in [6, 6.07) is 16.9. The van der Waals surface area contributed by atoms with Gasteiger partial charge in [0.15, 0.2) is 5.82 Å². The fourth-order valence-electron chi connectivity index (χ4n) is 3.08. The van der Waals surface area contributed by atoms with Gasteiger partial charge in [-0.2, -0.15) is 0 Å². The Bertz CT molecular complexity index is 1320. The van der Waals surface area contributed by atoms with E-state index in [0.717, 1.165) is 4.68 Å². The lowest BCUT2D eigenvalue weighted by atomic mass is 10.1. The van der Waals surface area contributed by atoms with Crippen molar-refractivity contribution in [2.24, 2.45) is 0 Å². The number of hydrogen-bond donors (Lipinski definition) is 1. The van der Waals surface area contributed by atoms with Crippen molar-refractivity contribution in [1.29, 1.82) is 0 Å². The van der Waals surface area contributed by atoms with Crippen LogP contribution in [0.3, 0.4) is 0 Å². The Balaban J connectivity index is 1.47. The van der Waals surface area contributed by atoms with E-state index in [1.165, 1.54) is 0 Å². The van der Waals surface area contributed by atoms with Crippen LogP contribution in [-0.4, -0.2) is 32.0 Å². The molecule has 1 atom stereocenters. The average Bonchev–Trinajstić information content (AvgIpc) is 3.22. The minimum atomic E-state index is -1.21. The van der Waals surface area contributed by atoms with Crippen LogP contribution in [0.5, 0.6) is 0 Å². The molecule has 1 N–H and O–H groups in total. The predicted octanol–water partition coefficient (Wildman–Crippen LogP) is 2.40. The molecule has 10 nitrogen and oxygen atoms in total. The monoisotopic (exact) mass is 433 g/mol. The predicted molar refractivity (Wildman–Crippen MR) is 114 cm³/mol. The van der Waals surface area contributed by atoms with Crippen molar-refractivity contribution in [3.8, 4) is 0 Å². The molecule has 32 heavy (non-hydrogen) atoms. The summed E-state index contributed by atoms with van der Waals surface area (Å²) in [7, 11) is 0. The van der Waals surface area contributed by atoms with Crippen LogP contribution in [0, 0.1) is 6.92 Å². The number of nitrogens with one attached hydrogen (secondary N) is 1. The number of benzene rings is 2. The number of aryl methyl sites for hydroxylation is 2. The highest BCUT2D eigenvalue weighted by Crippen LogP contribution is 2.21. The van der Waals surface area contributed by atoms with Gasteiger partial charge in [-0.1, -0.05) is 52.8 Å². The molecule has 2 aromatic carbocycles. The van der Waals surface area contributed by atoms with Crippen LogP contribution in [-0.2, 0) is 20.9 Å². The van der Waals surface area contributed by atoms with Crippen molar-refractivity contribution in [2.45, 2.75) is 26.0 Å². The van der Waals surface area contributed by atoms with Crippen molar-refractivity contribution < 1.29 is 18.8 Å². The fourth-order valence-corrected chi connectivity index (χ4v) is 3.08. The standard InChI is InChI=1S/C22H19N5O5/c1-14-13-18(25-32-14)23-21(29)20(15-7-3-2-4-8-15)31-19(28)11-12-27-22(30)16-9-5-6-10-17(16)24-26-27/h2-10,13,20H,11-12H2,1H3,(H,23,25,29). The summed E-state index contributed by atoms with van der Waals surface area (Å²) in [5.41, 5.74) is 0.601. The Labute approximate surface area is 181 Å². The minimum absolute atomic E-state index is 0.0406. The quantitative estimate of drug-likeness (QED) is 0.440. The van der Waals surface area contributed by atoms with Gasteiger partial charge in [0.25, 0.3) is 11.5 Å². The van der Waals surface area contributed by atoms with Gasteiger partial charge in [-0.05, 0) is 19.1 Å². The summed E-state index contributed by atoms with van der Waals surface area (Å²) in [4.78, 5) is 37.8. The lowest BCUT2D eigenvalue weighted by Gasteiger charge is -2.17. The molecule has 4 aromatic rings. The Morgan fingerprint density at radius 3 is 2.62 bits per heavy atom. The Kier molecular flexibility index (Phi) is 6.02. The number of anilines is 1. The first-order valence-electron chi connectivity index (χ1n) is 9.82. The Hall–Kier alpha value is -4.34. The first-order chi connectivity index (χ1) is 15.5. The number of rotatable bonds is 7. The smallest absolute Gasteiger partial charge is 0.308 e. The number of nitrogens with zero attached hydrogens (tertiary/aromatic N) is 4. The van der Waals surface area contributed by atoms with Gasteiger partial charge in [-0.3, -0.25) is 14.4 Å². The van der Waals surface area contributed by atoms with Crippen molar-refractivity contribution >= 4 is 28.6 Å². The maximum atomic E-state index is 12.8. The molecule has 0 spiro atoms. The van der Waals surface area contributed by atoms with E-state index >= 15 is 0 Å². The van der Waals surface area contributed by atoms with Crippen molar-refractivity contribution in [1.82, 2.24) is 20.2 Å². The van der Waals surface area contributed by atoms with Gasteiger partial charge in [0.1, 0.15) is 11.3 Å². The summed E-state index contributed by atoms with van der Waals surface area (Å²) in [5.74, 6) is -0.523. The van der Waals surface area contributed by atoms with Gasteiger partial charge >= 0.3 is 5.97 Å². The third-order valence-electron chi connectivity index (χ3n) is 4.63. The second-order valence-electron chi connectivity index (χ2n) is 6.98. The third kappa shape index (κ3) is 4.69. The van der Waals surface area contributed by atoms with Gasteiger partial charge in [0, 0.05) is 11.6 Å². The number of esters is 1. The number of hydrogen-bond acceptors (Lipinski definition) is 8. The molecule has 4 rings (SSSR count). The van der Waals surface area contributed by atoms with Crippen molar-refractivity contribution in [3.05, 3.63) is 82.3 Å². The van der Waals surface area contributed by atoms with E-state index in [1.54, 1.807) is 67.6 Å². The van der Waals surface area contributed by atoms with E-state index in [-0.39, 0.29) is 24.3 Å². The Morgan fingerprint density at radius 2 is 1.88 bits per heavy atom. The van der Waals surface area contributed by atoms with Gasteiger partial charge in [0.05, 0.1) is 18.4 Å². The summed E-state index contributed by atoms with van der Waals surface area (Å²) in [5, 5.41) is 14.5. The number of carbonyl (C=O) groups excluding carboxylic acids is 2. The summed E-state index contributed by atoms with van der Waals surface area (Å²) in [6.45, 7) is 1.65. The molecular formula is C22H19N5O5. The van der Waals surface area contributed by atoms with Crippen molar-refractivity contribution in [2.75, 3.05) is 5.32 Å². The van der Waals surface area contributed by atoms with E-state index < -0.39 is 18.0 Å². The van der Waals surface area contributed by atoms with Gasteiger partial charge < -0.3 is 14.6 Å². The molecular weight excluding hydrogens is 414 g/mol. The molecule has 2 aromatic heterocycles. The first kappa shape index (κ1) is 20.9. The number of carbonyl (C=O) groups is 2. The molecule has 0 saturated heterocycles. The van der Waals surface area contributed by atoms with Gasteiger partial charge in [0.2, 0.25) is 6.10 Å². The zero-order valence-corrected chi connectivity index (χ0v) is 17.1. The molecule has 0 radical (unpaired) electrons. The van der Waals surface area contributed by atoms with Crippen LogP contribution in [0.2, 0.25) is 0 Å². The number of aromatic nitrogens is 4. The maximum absolute atomic E-state index is 12.8. The van der Waals surface area contributed by atoms with Crippen LogP contribution < -0.4 is 10.9 Å². The second kappa shape index (κ2) is 9.21. The highest BCUT2D eigenvalue weighted by Gasteiger charge is 2.26. The minimum Gasteiger partial charge on any atom is -0.447 e. The molecule has 0 bridgehead atoms. The van der Waals surface area contributed by atoms with Crippen LogP contribution >= 0.6 is 0 Å². The lowest BCUT2D eigenvalue weighted by molar-refractivity contribution is -0.155. The van der Waals surface area contributed by atoms with Crippen molar-refractivity contribution in [3.63, 3.8) is 0 Å². The second-order valence-corrected chi connectivity index (χ2v) is 6.98. The van der Waals surface area contributed by atoms with Crippen LogP contribution in [0.15, 0.2) is 70.0 Å². The number of fused-ring (bicyclic) bond motifs is 1. The molecule has 162 valence electrons. The molecule has 0 aliphatic carbocycles. The summed E-state index contributed by atoms with van der Waals surface area (Å²) < 4.78 is 11.5. The molecule has 2 heterocycles. The van der Waals surface area contributed by atoms with E-state index in [2.05, 4.69) is 20.8 Å². The molecule has 0 aliphatic heterocycles. The highest BCUT2D eigenvalue weighted by molar-refractivity contribution is 5.95. The zero-order valence-electron chi connectivity index (χ0n) is 17.1. The molecule has 10 heteroatoms. The van der Waals surface area contributed by atoms with E-state index in [0.29, 0.717) is 22.2 Å². The fraction of sp³-hybridized carbons (Fsp3) is 0.182. The maximum Gasteiger partial charge on any atom is 0.308 e. The zero-order chi connectivity index (χ0) is 22.5. The normalized spacial score (nSPS) is 11.8. The summed E-state index contributed by atoms with van der Waals surface area (Å²) in [6.07, 6.45) is -1.38. The molecule has 0 saturated carbocycles. The topological polar surface area (TPSA) is 129 Å². The van der Waals surface area contributed by atoms with Crippen LogP contribution in [0.1, 0.15) is 23.8 Å². The highest BCUT2D eigenvalue weighted by atomic mass is 16.5. The van der Waals surface area contributed by atoms with E-state index in [1.807, 2.05) is 0 Å².